The van der Waals surface area contributed by atoms with E-state index in [0.717, 1.165) is 16.6 Å². The van der Waals surface area contributed by atoms with Gasteiger partial charge in [-0.3, -0.25) is 0 Å². The van der Waals surface area contributed by atoms with E-state index in [1.165, 1.54) is 0 Å². The lowest BCUT2D eigenvalue weighted by Crippen LogP contribution is -2.08. The van der Waals surface area contributed by atoms with Gasteiger partial charge in [-0.2, -0.15) is 4.68 Å². The fourth-order valence-corrected chi connectivity index (χ4v) is 1.87. The van der Waals surface area contributed by atoms with Crippen LogP contribution in [0.25, 0.3) is 16.9 Å². The molecule has 0 aliphatic carbocycles. The van der Waals surface area contributed by atoms with Crippen molar-refractivity contribution in [2.75, 3.05) is 5.73 Å². The van der Waals surface area contributed by atoms with Crippen LogP contribution in [-0.2, 0) is 0 Å². The van der Waals surface area contributed by atoms with Crippen molar-refractivity contribution < 1.29 is 0 Å². The molecule has 0 radical (unpaired) electrons. The Hall–Kier alpha value is -2.50. The largest absolute Gasteiger partial charge is 0.383 e. The van der Waals surface area contributed by atoms with Crippen LogP contribution in [0.1, 0.15) is 11.4 Å². The van der Waals surface area contributed by atoms with Crippen LogP contribution in [0, 0.1) is 13.8 Å². The van der Waals surface area contributed by atoms with Gasteiger partial charge >= 0.3 is 0 Å². The molecule has 3 aromatic rings. The molecule has 2 heterocycles. The number of rotatable bonds is 1. The first-order valence-corrected chi connectivity index (χ1v) is 5.58. The van der Waals surface area contributed by atoms with Gasteiger partial charge in [0.15, 0.2) is 5.82 Å². The van der Waals surface area contributed by atoms with Gasteiger partial charge in [0.25, 0.3) is 0 Å². The van der Waals surface area contributed by atoms with Crippen molar-refractivity contribution in [2.24, 2.45) is 0 Å². The van der Waals surface area contributed by atoms with Crippen molar-refractivity contribution in [2.45, 2.75) is 13.8 Å². The highest BCUT2D eigenvalue weighted by atomic mass is 15.4. The van der Waals surface area contributed by atoms with Crippen LogP contribution >= 0.6 is 0 Å². The third-order valence-corrected chi connectivity index (χ3v) is 2.82. The van der Waals surface area contributed by atoms with Crippen LogP contribution in [0.15, 0.2) is 24.3 Å². The molecule has 18 heavy (non-hydrogen) atoms. The van der Waals surface area contributed by atoms with Gasteiger partial charge in [-0.25, -0.2) is 9.97 Å². The maximum atomic E-state index is 5.86. The van der Waals surface area contributed by atoms with E-state index in [-0.39, 0.29) is 0 Å². The van der Waals surface area contributed by atoms with Crippen LogP contribution in [0.2, 0.25) is 0 Å². The molecule has 6 heteroatoms. The van der Waals surface area contributed by atoms with Crippen molar-refractivity contribution in [3.63, 3.8) is 0 Å². The molecule has 0 atom stereocenters. The summed E-state index contributed by atoms with van der Waals surface area (Å²) in [5.74, 6) is 1.76. The van der Waals surface area contributed by atoms with E-state index >= 15 is 0 Å². The first-order valence-electron chi connectivity index (χ1n) is 5.58. The molecular formula is C12H12N6. The van der Waals surface area contributed by atoms with Crippen LogP contribution in [0.4, 0.5) is 5.82 Å². The number of anilines is 1. The molecule has 0 saturated carbocycles. The summed E-state index contributed by atoms with van der Waals surface area (Å²) in [7, 11) is 0. The van der Waals surface area contributed by atoms with Crippen LogP contribution in [0.3, 0.4) is 0 Å². The zero-order chi connectivity index (χ0) is 12.7. The Kier molecular flexibility index (Phi) is 2.22. The van der Waals surface area contributed by atoms with E-state index in [9.17, 15) is 0 Å². The van der Waals surface area contributed by atoms with Gasteiger partial charge in [-0.1, -0.05) is 17.3 Å². The molecule has 3 rings (SSSR count). The van der Waals surface area contributed by atoms with Crippen molar-refractivity contribution in [3.8, 4) is 5.82 Å². The number of fused-ring (bicyclic) bond motifs is 1. The monoisotopic (exact) mass is 240 g/mol. The molecule has 0 aliphatic heterocycles. The van der Waals surface area contributed by atoms with Crippen LogP contribution in [0.5, 0.6) is 0 Å². The normalized spacial score (nSPS) is 11.0. The maximum Gasteiger partial charge on any atom is 0.164 e. The predicted molar refractivity (Wildman–Crippen MR) is 68.3 cm³/mol. The number of nitrogens with zero attached hydrogens (tertiary/aromatic N) is 5. The van der Waals surface area contributed by atoms with E-state index in [1.54, 1.807) is 11.6 Å². The van der Waals surface area contributed by atoms with Crippen molar-refractivity contribution in [1.82, 2.24) is 25.0 Å². The standard InChI is InChI=1S/C12H12N6/c1-7-11(13)14-8(2)15-12(7)18-10-6-4-3-5-9(10)16-17-18/h3-6H,1-2H3,(H2,13,14,15). The third-order valence-electron chi connectivity index (χ3n) is 2.82. The summed E-state index contributed by atoms with van der Waals surface area (Å²) in [5, 5.41) is 8.24. The van der Waals surface area contributed by atoms with Gasteiger partial charge in [0, 0.05) is 5.56 Å². The summed E-state index contributed by atoms with van der Waals surface area (Å²) in [4.78, 5) is 8.52. The molecule has 0 unspecified atom stereocenters. The van der Waals surface area contributed by atoms with Gasteiger partial charge < -0.3 is 5.73 Å². The highest BCUT2D eigenvalue weighted by Gasteiger charge is 2.12. The molecule has 0 amide bonds. The second kappa shape index (κ2) is 3.76. The second-order valence-electron chi connectivity index (χ2n) is 4.09. The highest BCUT2D eigenvalue weighted by Crippen LogP contribution is 2.19. The molecule has 0 fully saturated rings. The van der Waals surface area contributed by atoms with E-state index in [2.05, 4.69) is 20.3 Å². The molecule has 2 aromatic heterocycles. The van der Waals surface area contributed by atoms with E-state index < -0.39 is 0 Å². The first-order chi connectivity index (χ1) is 8.66. The van der Waals surface area contributed by atoms with Gasteiger partial charge in [0.2, 0.25) is 0 Å². The highest BCUT2D eigenvalue weighted by molar-refractivity contribution is 5.76. The summed E-state index contributed by atoms with van der Waals surface area (Å²) < 4.78 is 1.69. The summed E-state index contributed by atoms with van der Waals surface area (Å²) in [5.41, 5.74) is 8.39. The van der Waals surface area contributed by atoms with E-state index in [0.29, 0.717) is 17.5 Å². The van der Waals surface area contributed by atoms with E-state index in [1.807, 2.05) is 31.2 Å². The Balaban J connectivity index is 2.33. The minimum absolute atomic E-state index is 0.470. The number of benzene rings is 1. The second-order valence-corrected chi connectivity index (χ2v) is 4.09. The Morgan fingerprint density at radius 3 is 2.72 bits per heavy atom. The van der Waals surface area contributed by atoms with Gasteiger partial charge in [-0.15, -0.1) is 5.10 Å². The van der Waals surface area contributed by atoms with Gasteiger partial charge in [0.1, 0.15) is 17.2 Å². The minimum Gasteiger partial charge on any atom is -0.383 e. The first kappa shape index (κ1) is 10.6. The lowest BCUT2D eigenvalue weighted by Gasteiger charge is -2.08. The summed E-state index contributed by atoms with van der Waals surface area (Å²) >= 11 is 0. The maximum absolute atomic E-state index is 5.86. The molecule has 6 nitrogen and oxygen atoms in total. The predicted octanol–water partition coefficient (Wildman–Crippen LogP) is 1.41. The summed E-state index contributed by atoms with van der Waals surface area (Å²) in [6, 6.07) is 7.72. The minimum atomic E-state index is 0.470. The number of hydrogen-bond donors (Lipinski definition) is 1. The molecule has 90 valence electrons. The quantitative estimate of drug-likeness (QED) is 0.695. The number of nitrogen functional groups attached to an aromatic ring is 1. The van der Waals surface area contributed by atoms with Crippen molar-refractivity contribution >= 4 is 16.9 Å². The Morgan fingerprint density at radius 1 is 1.11 bits per heavy atom. The fourth-order valence-electron chi connectivity index (χ4n) is 1.87. The third kappa shape index (κ3) is 1.50. The Bertz CT molecular complexity index is 731. The topological polar surface area (TPSA) is 82.5 Å². The molecule has 0 bridgehead atoms. The Morgan fingerprint density at radius 2 is 1.89 bits per heavy atom. The van der Waals surface area contributed by atoms with Gasteiger partial charge in [-0.05, 0) is 26.0 Å². The van der Waals surface area contributed by atoms with Crippen molar-refractivity contribution in [3.05, 3.63) is 35.7 Å². The van der Waals surface area contributed by atoms with Crippen LogP contribution < -0.4 is 5.73 Å². The molecular weight excluding hydrogens is 228 g/mol. The zero-order valence-electron chi connectivity index (χ0n) is 10.1. The summed E-state index contributed by atoms with van der Waals surface area (Å²) in [6.07, 6.45) is 0. The SMILES string of the molecule is Cc1nc(N)c(C)c(-n2nnc3ccccc32)n1. The fraction of sp³-hybridized carbons (Fsp3) is 0.167. The lowest BCUT2D eigenvalue weighted by atomic mass is 10.3. The number of aromatic nitrogens is 5. The zero-order valence-corrected chi connectivity index (χ0v) is 10.1. The Labute approximate surface area is 103 Å². The molecule has 2 N–H and O–H groups in total. The summed E-state index contributed by atoms with van der Waals surface area (Å²) in [6.45, 7) is 3.68. The smallest absolute Gasteiger partial charge is 0.164 e. The molecule has 0 spiro atoms. The average Bonchev–Trinajstić information content (AvgIpc) is 2.77. The van der Waals surface area contributed by atoms with E-state index in [4.69, 9.17) is 5.73 Å². The average molecular weight is 240 g/mol. The number of aryl methyl sites for hydroxylation is 1. The molecule has 0 aliphatic rings. The number of para-hydroxylation sites is 1. The van der Waals surface area contributed by atoms with Gasteiger partial charge in [0.05, 0.1) is 5.52 Å². The molecule has 0 saturated heterocycles. The molecule has 1 aromatic carbocycles. The lowest BCUT2D eigenvalue weighted by molar-refractivity contribution is 0.784. The number of nitrogens with two attached hydrogens (primary N) is 1. The van der Waals surface area contributed by atoms with Crippen LogP contribution in [-0.4, -0.2) is 25.0 Å². The van der Waals surface area contributed by atoms with Crippen molar-refractivity contribution in [1.29, 1.82) is 0 Å². The number of hydrogen-bond acceptors (Lipinski definition) is 5.